The normalized spacial score (nSPS) is 18.6. The fourth-order valence-corrected chi connectivity index (χ4v) is 2.35. The van der Waals surface area contributed by atoms with Crippen LogP contribution in [0.1, 0.15) is 52.9 Å². The molecule has 3 nitrogen and oxygen atoms in total. The monoisotopic (exact) mass is 240 g/mol. The number of amides is 1. The summed E-state index contributed by atoms with van der Waals surface area (Å²) in [6.45, 7) is 7.91. The van der Waals surface area contributed by atoms with E-state index in [1.165, 1.54) is 32.1 Å². The number of rotatable bonds is 7. The van der Waals surface area contributed by atoms with Crippen LogP contribution < -0.4 is 10.6 Å². The van der Waals surface area contributed by atoms with E-state index in [1.807, 2.05) is 6.92 Å². The SMILES string of the molecule is CC(C)CNC(=O)C(C)NCCC1CCCC1. The third-order valence-corrected chi connectivity index (χ3v) is 3.56. The number of hydrogen-bond acceptors (Lipinski definition) is 2. The summed E-state index contributed by atoms with van der Waals surface area (Å²) in [6.07, 6.45) is 6.79. The molecule has 0 saturated heterocycles. The summed E-state index contributed by atoms with van der Waals surface area (Å²) >= 11 is 0. The zero-order valence-corrected chi connectivity index (χ0v) is 11.6. The molecule has 0 bridgehead atoms. The van der Waals surface area contributed by atoms with Gasteiger partial charge in [0.05, 0.1) is 6.04 Å². The van der Waals surface area contributed by atoms with Crippen LogP contribution in [0.15, 0.2) is 0 Å². The molecule has 17 heavy (non-hydrogen) atoms. The average Bonchev–Trinajstić information content (AvgIpc) is 2.78. The Morgan fingerprint density at radius 3 is 2.47 bits per heavy atom. The third kappa shape index (κ3) is 6.06. The molecular formula is C14H28N2O. The van der Waals surface area contributed by atoms with Gasteiger partial charge in [0.2, 0.25) is 5.91 Å². The van der Waals surface area contributed by atoms with Gasteiger partial charge in [-0.05, 0) is 31.7 Å². The molecule has 2 N–H and O–H groups in total. The molecule has 1 aliphatic carbocycles. The van der Waals surface area contributed by atoms with Crippen molar-refractivity contribution in [2.45, 2.75) is 58.9 Å². The highest BCUT2D eigenvalue weighted by Crippen LogP contribution is 2.26. The second kappa shape index (κ2) is 7.70. The third-order valence-electron chi connectivity index (χ3n) is 3.56. The fourth-order valence-electron chi connectivity index (χ4n) is 2.35. The van der Waals surface area contributed by atoms with E-state index in [2.05, 4.69) is 24.5 Å². The Kier molecular flexibility index (Phi) is 6.56. The predicted molar refractivity (Wildman–Crippen MR) is 71.9 cm³/mol. The van der Waals surface area contributed by atoms with E-state index in [0.717, 1.165) is 19.0 Å². The first kappa shape index (κ1) is 14.5. The first-order valence-electron chi connectivity index (χ1n) is 7.10. The minimum absolute atomic E-state index is 0.0600. The van der Waals surface area contributed by atoms with Crippen LogP contribution in [0.2, 0.25) is 0 Å². The molecule has 0 radical (unpaired) electrons. The molecule has 1 unspecified atom stereocenters. The Morgan fingerprint density at radius 2 is 1.88 bits per heavy atom. The topological polar surface area (TPSA) is 41.1 Å². The molecule has 1 amide bonds. The van der Waals surface area contributed by atoms with Crippen molar-refractivity contribution in [3.05, 3.63) is 0 Å². The van der Waals surface area contributed by atoms with Crippen molar-refractivity contribution in [1.29, 1.82) is 0 Å². The molecule has 100 valence electrons. The van der Waals surface area contributed by atoms with Crippen molar-refractivity contribution < 1.29 is 4.79 Å². The van der Waals surface area contributed by atoms with Crippen LogP contribution in [0.4, 0.5) is 0 Å². The standard InChI is InChI=1S/C14H28N2O/c1-11(2)10-16-14(17)12(3)15-9-8-13-6-4-5-7-13/h11-13,15H,4-10H2,1-3H3,(H,16,17). The number of carbonyl (C=O) groups excluding carboxylic acids is 1. The molecule has 0 heterocycles. The molecule has 0 aliphatic heterocycles. The van der Waals surface area contributed by atoms with Gasteiger partial charge in [-0.15, -0.1) is 0 Å². The lowest BCUT2D eigenvalue weighted by Gasteiger charge is -2.16. The second-order valence-corrected chi connectivity index (χ2v) is 5.75. The largest absolute Gasteiger partial charge is 0.354 e. The van der Waals surface area contributed by atoms with Gasteiger partial charge in [0.1, 0.15) is 0 Å². The molecule has 1 aliphatic rings. The van der Waals surface area contributed by atoms with E-state index in [4.69, 9.17) is 0 Å². The lowest BCUT2D eigenvalue weighted by Crippen LogP contribution is -2.43. The van der Waals surface area contributed by atoms with Crippen molar-refractivity contribution in [3.8, 4) is 0 Å². The minimum atomic E-state index is -0.0600. The van der Waals surface area contributed by atoms with E-state index < -0.39 is 0 Å². The number of nitrogens with one attached hydrogen (secondary N) is 2. The lowest BCUT2D eigenvalue weighted by molar-refractivity contribution is -0.122. The summed E-state index contributed by atoms with van der Waals surface area (Å²) in [7, 11) is 0. The zero-order valence-electron chi connectivity index (χ0n) is 11.6. The van der Waals surface area contributed by atoms with Gasteiger partial charge in [0.25, 0.3) is 0 Å². The summed E-state index contributed by atoms with van der Waals surface area (Å²) < 4.78 is 0. The highest BCUT2D eigenvalue weighted by atomic mass is 16.2. The van der Waals surface area contributed by atoms with Crippen molar-refractivity contribution in [2.24, 2.45) is 11.8 Å². The van der Waals surface area contributed by atoms with Gasteiger partial charge < -0.3 is 10.6 Å². The van der Waals surface area contributed by atoms with Crippen molar-refractivity contribution in [3.63, 3.8) is 0 Å². The van der Waals surface area contributed by atoms with Gasteiger partial charge in [-0.25, -0.2) is 0 Å². The average molecular weight is 240 g/mol. The van der Waals surface area contributed by atoms with Gasteiger partial charge >= 0.3 is 0 Å². The fraction of sp³-hybridized carbons (Fsp3) is 0.929. The van der Waals surface area contributed by atoms with Crippen LogP contribution >= 0.6 is 0 Å². The van der Waals surface area contributed by atoms with Crippen LogP contribution in [-0.2, 0) is 4.79 Å². The Bertz CT molecular complexity index is 222. The summed E-state index contributed by atoms with van der Waals surface area (Å²) in [6, 6.07) is -0.0600. The Balaban J connectivity index is 2.06. The molecule has 0 aromatic rings. The van der Waals surface area contributed by atoms with E-state index in [9.17, 15) is 4.79 Å². The van der Waals surface area contributed by atoms with Gasteiger partial charge in [0, 0.05) is 6.54 Å². The highest BCUT2D eigenvalue weighted by molar-refractivity contribution is 5.81. The molecule has 1 atom stereocenters. The molecule has 0 aromatic heterocycles. The van der Waals surface area contributed by atoms with E-state index in [1.54, 1.807) is 0 Å². The predicted octanol–water partition coefficient (Wildman–Crippen LogP) is 2.32. The van der Waals surface area contributed by atoms with Gasteiger partial charge in [-0.3, -0.25) is 4.79 Å². The van der Waals surface area contributed by atoms with Crippen LogP contribution in [0.25, 0.3) is 0 Å². The minimum Gasteiger partial charge on any atom is -0.354 e. The first-order valence-corrected chi connectivity index (χ1v) is 7.10. The maximum Gasteiger partial charge on any atom is 0.236 e. The van der Waals surface area contributed by atoms with Crippen LogP contribution in [0, 0.1) is 11.8 Å². The molecular weight excluding hydrogens is 212 g/mol. The number of carbonyl (C=O) groups is 1. The lowest BCUT2D eigenvalue weighted by atomic mass is 10.0. The van der Waals surface area contributed by atoms with Crippen molar-refractivity contribution in [2.75, 3.05) is 13.1 Å². The molecule has 1 rings (SSSR count). The molecule has 0 aromatic carbocycles. The van der Waals surface area contributed by atoms with Crippen molar-refractivity contribution >= 4 is 5.91 Å². The van der Waals surface area contributed by atoms with Crippen molar-refractivity contribution in [1.82, 2.24) is 10.6 Å². The molecule has 1 saturated carbocycles. The van der Waals surface area contributed by atoms with E-state index >= 15 is 0 Å². The van der Waals surface area contributed by atoms with Crippen LogP contribution in [-0.4, -0.2) is 25.0 Å². The smallest absolute Gasteiger partial charge is 0.236 e. The quantitative estimate of drug-likeness (QED) is 0.717. The molecule has 3 heteroatoms. The molecule has 1 fully saturated rings. The van der Waals surface area contributed by atoms with E-state index in [0.29, 0.717) is 5.92 Å². The van der Waals surface area contributed by atoms with Crippen LogP contribution in [0.3, 0.4) is 0 Å². The Morgan fingerprint density at radius 1 is 1.24 bits per heavy atom. The number of hydrogen-bond donors (Lipinski definition) is 2. The zero-order chi connectivity index (χ0) is 12.7. The second-order valence-electron chi connectivity index (χ2n) is 5.75. The maximum absolute atomic E-state index is 11.7. The summed E-state index contributed by atoms with van der Waals surface area (Å²) in [5, 5.41) is 6.28. The molecule has 0 spiro atoms. The van der Waals surface area contributed by atoms with Gasteiger partial charge in [-0.1, -0.05) is 39.5 Å². The van der Waals surface area contributed by atoms with Crippen LogP contribution in [0.5, 0.6) is 0 Å². The summed E-state index contributed by atoms with van der Waals surface area (Å²) in [4.78, 5) is 11.7. The highest BCUT2D eigenvalue weighted by Gasteiger charge is 2.16. The summed E-state index contributed by atoms with van der Waals surface area (Å²) in [5.41, 5.74) is 0. The Hall–Kier alpha value is -0.570. The summed E-state index contributed by atoms with van der Waals surface area (Å²) in [5.74, 6) is 1.54. The first-order chi connectivity index (χ1) is 8.09. The van der Waals surface area contributed by atoms with Gasteiger partial charge in [-0.2, -0.15) is 0 Å². The maximum atomic E-state index is 11.7. The van der Waals surface area contributed by atoms with Gasteiger partial charge in [0.15, 0.2) is 0 Å². The Labute approximate surface area is 106 Å². The van der Waals surface area contributed by atoms with E-state index in [-0.39, 0.29) is 11.9 Å².